The van der Waals surface area contributed by atoms with Crippen molar-refractivity contribution < 1.29 is 4.79 Å². The van der Waals surface area contributed by atoms with Crippen LogP contribution in [-0.2, 0) is 6.54 Å². The number of nitrogens with zero attached hydrogens (tertiary/aromatic N) is 1. The maximum Gasteiger partial charge on any atom is 0.161 e. The summed E-state index contributed by atoms with van der Waals surface area (Å²) in [4.78, 5) is 11.1. The number of carbonyl (C=O) groups excluding carboxylic acids is 1. The highest BCUT2D eigenvalue weighted by Gasteiger charge is 2.11. The van der Waals surface area contributed by atoms with Crippen molar-refractivity contribution in [2.24, 2.45) is 5.92 Å². The third kappa shape index (κ3) is 1.95. The molecule has 1 aromatic rings. The van der Waals surface area contributed by atoms with Gasteiger partial charge in [0.25, 0.3) is 0 Å². The quantitative estimate of drug-likeness (QED) is 0.529. The van der Waals surface area contributed by atoms with E-state index in [1.165, 1.54) is 12.8 Å². The summed E-state index contributed by atoms with van der Waals surface area (Å²) >= 11 is 0. The Balaban J connectivity index is 1.99. The van der Waals surface area contributed by atoms with Crippen LogP contribution >= 0.6 is 0 Å². The molecule has 0 amide bonds. The Morgan fingerprint density at radius 2 is 2.21 bits per heavy atom. The van der Waals surface area contributed by atoms with Gasteiger partial charge in [0, 0.05) is 24.5 Å². The molecule has 0 fully saturated rings. The molecule has 14 heavy (non-hydrogen) atoms. The van der Waals surface area contributed by atoms with E-state index in [1.54, 1.807) is 6.92 Å². The second kappa shape index (κ2) is 3.82. The zero-order valence-electron chi connectivity index (χ0n) is 8.44. The fraction of sp³-hybridized carbons (Fsp3) is 0.417. The minimum atomic E-state index is 0.147. The molecular weight excluding hydrogens is 174 g/mol. The van der Waals surface area contributed by atoms with Gasteiger partial charge in [-0.15, -0.1) is 0 Å². The van der Waals surface area contributed by atoms with Crippen LogP contribution in [0.25, 0.3) is 0 Å². The summed E-state index contributed by atoms with van der Waals surface area (Å²) in [6.45, 7) is 2.64. The zero-order valence-corrected chi connectivity index (χ0v) is 8.44. The van der Waals surface area contributed by atoms with Gasteiger partial charge in [0.15, 0.2) is 5.78 Å². The normalized spacial score (nSPS) is 16.4. The lowest BCUT2D eigenvalue weighted by molar-refractivity contribution is 0.101. The molecule has 1 aliphatic rings. The van der Waals surface area contributed by atoms with E-state index in [4.69, 9.17) is 0 Å². The average molecular weight is 189 g/mol. The van der Waals surface area contributed by atoms with Crippen molar-refractivity contribution >= 4 is 5.78 Å². The van der Waals surface area contributed by atoms with Gasteiger partial charge in [-0.1, -0.05) is 12.2 Å². The summed E-state index contributed by atoms with van der Waals surface area (Å²) < 4.78 is 2.12. The molecule has 1 aliphatic carbocycles. The molecule has 0 unspecified atom stereocenters. The lowest BCUT2D eigenvalue weighted by Crippen LogP contribution is -2.05. The van der Waals surface area contributed by atoms with Crippen molar-refractivity contribution in [2.45, 2.75) is 26.3 Å². The number of allylic oxidation sites excluding steroid dienone is 2. The van der Waals surface area contributed by atoms with E-state index >= 15 is 0 Å². The van der Waals surface area contributed by atoms with Crippen molar-refractivity contribution in [1.82, 2.24) is 4.57 Å². The first kappa shape index (κ1) is 9.25. The van der Waals surface area contributed by atoms with Gasteiger partial charge in [-0.25, -0.2) is 0 Å². The van der Waals surface area contributed by atoms with Crippen LogP contribution in [0.5, 0.6) is 0 Å². The number of ketones is 1. The summed E-state index contributed by atoms with van der Waals surface area (Å²) in [7, 11) is 0. The number of carbonyl (C=O) groups is 1. The number of hydrogen-bond acceptors (Lipinski definition) is 1. The monoisotopic (exact) mass is 189 g/mol. The van der Waals surface area contributed by atoms with E-state index in [9.17, 15) is 4.79 Å². The molecule has 0 saturated carbocycles. The first-order valence-electron chi connectivity index (χ1n) is 5.07. The summed E-state index contributed by atoms with van der Waals surface area (Å²) in [6.07, 6.45) is 10.8. The molecule has 0 N–H and O–H groups in total. The third-order valence-corrected chi connectivity index (χ3v) is 2.73. The maximum absolute atomic E-state index is 11.1. The predicted molar refractivity (Wildman–Crippen MR) is 56.3 cm³/mol. The third-order valence-electron chi connectivity index (χ3n) is 2.73. The average Bonchev–Trinajstić information content (AvgIpc) is 2.75. The lowest BCUT2D eigenvalue weighted by Gasteiger charge is -2.09. The highest BCUT2D eigenvalue weighted by molar-refractivity contribution is 5.93. The SMILES string of the molecule is CC(=O)c1ccn(CC2CC=CC2)c1. The Morgan fingerprint density at radius 3 is 2.79 bits per heavy atom. The maximum atomic E-state index is 11.1. The first-order chi connectivity index (χ1) is 6.75. The Labute approximate surface area is 84.2 Å². The van der Waals surface area contributed by atoms with Crippen LogP contribution in [0, 0.1) is 5.92 Å². The van der Waals surface area contributed by atoms with Crippen molar-refractivity contribution in [1.29, 1.82) is 0 Å². The van der Waals surface area contributed by atoms with Crippen molar-refractivity contribution in [3.05, 3.63) is 36.2 Å². The second-order valence-electron chi connectivity index (χ2n) is 3.96. The largest absolute Gasteiger partial charge is 0.353 e. The van der Waals surface area contributed by atoms with Crippen LogP contribution in [0.1, 0.15) is 30.1 Å². The van der Waals surface area contributed by atoms with E-state index in [0.717, 1.165) is 18.0 Å². The minimum absolute atomic E-state index is 0.147. The summed E-state index contributed by atoms with van der Waals surface area (Å²) in [5.74, 6) is 0.871. The molecule has 0 atom stereocenters. The molecule has 0 bridgehead atoms. The smallest absolute Gasteiger partial charge is 0.161 e. The lowest BCUT2D eigenvalue weighted by atomic mass is 10.1. The van der Waals surface area contributed by atoms with Gasteiger partial charge in [0.05, 0.1) is 0 Å². The van der Waals surface area contributed by atoms with E-state index in [0.29, 0.717) is 0 Å². The molecule has 1 heterocycles. The Bertz CT molecular complexity index is 354. The Hall–Kier alpha value is -1.31. The molecule has 74 valence electrons. The number of aromatic nitrogens is 1. The highest BCUT2D eigenvalue weighted by atomic mass is 16.1. The molecular formula is C12H15NO. The fourth-order valence-electron chi connectivity index (χ4n) is 1.88. The zero-order chi connectivity index (χ0) is 9.97. The standard InChI is InChI=1S/C12H15NO/c1-10(14)12-6-7-13(9-12)8-11-4-2-3-5-11/h2-3,6-7,9,11H,4-5,8H2,1H3. The van der Waals surface area contributed by atoms with Gasteiger partial charge in [-0.2, -0.15) is 0 Å². The second-order valence-corrected chi connectivity index (χ2v) is 3.96. The van der Waals surface area contributed by atoms with E-state index in [-0.39, 0.29) is 5.78 Å². The predicted octanol–water partition coefficient (Wildman–Crippen LogP) is 2.66. The topological polar surface area (TPSA) is 22.0 Å². The van der Waals surface area contributed by atoms with Gasteiger partial charge in [0.2, 0.25) is 0 Å². The number of rotatable bonds is 3. The van der Waals surface area contributed by atoms with E-state index in [2.05, 4.69) is 16.7 Å². The van der Waals surface area contributed by atoms with E-state index in [1.807, 2.05) is 18.5 Å². The van der Waals surface area contributed by atoms with Gasteiger partial charge in [0.1, 0.15) is 0 Å². The van der Waals surface area contributed by atoms with Gasteiger partial charge in [-0.05, 0) is 31.7 Å². The van der Waals surface area contributed by atoms with Crippen molar-refractivity contribution in [2.75, 3.05) is 0 Å². The molecule has 0 spiro atoms. The van der Waals surface area contributed by atoms with Crippen molar-refractivity contribution in [3.63, 3.8) is 0 Å². The summed E-state index contributed by atoms with van der Waals surface area (Å²) in [5, 5.41) is 0. The molecule has 2 heteroatoms. The molecule has 2 nitrogen and oxygen atoms in total. The van der Waals surface area contributed by atoms with Crippen LogP contribution in [0.3, 0.4) is 0 Å². The summed E-state index contributed by atoms with van der Waals surface area (Å²) in [5.41, 5.74) is 0.816. The van der Waals surface area contributed by atoms with Crippen LogP contribution < -0.4 is 0 Å². The highest BCUT2D eigenvalue weighted by Crippen LogP contribution is 2.20. The number of Topliss-reactive ketones (excluding diaryl/α,β-unsaturated/α-hetero) is 1. The van der Waals surface area contributed by atoms with Gasteiger partial charge >= 0.3 is 0 Å². The van der Waals surface area contributed by atoms with Crippen LogP contribution in [0.15, 0.2) is 30.6 Å². The molecule has 0 aliphatic heterocycles. The van der Waals surface area contributed by atoms with Crippen LogP contribution in [-0.4, -0.2) is 10.4 Å². The van der Waals surface area contributed by atoms with Gasteiger partial charge in [-0.3, -0.25) is 4.79 Å². The van der Waals surface area contributed by atoms with Gasteiger partial charge < -0.3 is 4.57 Å². The Kier molecular flexibility index (Phi) is 2.53. The number of hydrogen-bond donors (Lipinski definition) is 0. The molecule has 0 aromatic carbocycles. The van der Waals surface area contributed by atoms with Crippen LogP contribution in [0.2, 0.25) is 0 Å². The Morgan fingerprint density at radius 1 is 1.50 bits per heavy atom. The molecule has 1 aromatic heterocycles. The molecule has 0 saturated heterocycles. The first-order valence-corrected chi connectivity index (χ1v) is 5.07. The van der Waals surface area contributed by atoms with Crippen molar-refractivity contribution in [3.8, 4) is 0 Å². The van der Waals surface area contributed by atoms with Crippen LogP contribution in [0.4, 0.5) is 0 Å². The molecule has 0 radical (unpaired) electrons. The summed E-state index contributed by atoms with van der Waals surface area (Å²) in [6, 6.07) is 1.89. The molecule has 2 rings (SSSR count). The van der Waals surface area contributed by atoms with E-state index < -0.39 is 0 Å². The fourth-order valence-corrected chi connectivity index (χ4v) is 1.88. The minimum Gasteiger partial charge on any atom is -0.353 e.